The summed E-state index contributed by atoms with van der Waals surface area (Å²) in [5.74, 6) is -1.86. The number of aromatic nitrogens is 1. The van der Waals surface area contributed by atoms with E-state index in [2.05, 4.69) is 10.6 Å². The number of hydrogen-bond acceptors (Lipinski definition) is 5. The summed E-state index contributed by atoms with van der Waals surface area (Å²) in [5, 5.41) is 4.10. The average Bonchev–Trinajstić information content (AvgIpc) is 2.92. The molecule has 1 saturated heterocycles. The lowest BCUT2D eigenvalue weighted by Crippen LogP contribution is -2.51. The van der Waals surface area contributed by atoms with Gasteiger partial charge in [0.05, 0.1) is 12.2 Å². The standard InChI is InChI=1S/C20H19N3O5/c1-4-28-19(26)13-5-7-15(8-6-13)23-11(2)9-14(12(23)3)10-16-17(24)21-20(27)22-18(16)25/h5-10H,4H2,1-3H3,(H2,21,22,24,25,27). The minimum Gasteiger partial charge on any atom is -0.462 e. The fourth-order valence-electron chi connectivity index (χ4n) is 3.05. The number of rotatable bonds is 4. The van der Waals surface area contributed by atoms with Crippen LogP contribution in [-0.2, 0) is 14.3 Å². The summed E-state index contributed by atoms with van der Waals surface area (Å²) in [4.78, 5) is 46.9. The number of nitrogens with zero attached hydrogens (tertiary/aromatic N) is 1. The molecule has 2 aromatic rings. The summed E-state index contributed by atoms with van der Waals surface area (Å²) >= 11 is 0. The molecule has 1 aromatic heterocycles. The van der Waals surface area contributed by atoms with Crippen LogP contribution < -0.4 is 10.6 Å². The molecule has 2 heterocycles. The van der Waals surface area contributed by atoms with Crippen molar-refractivity contribution >= 4 is 29.9 Å². The number of urea groups is 1. The Bertz CT molecular complexity index is 993. The van der Waals surface area contributed by atoms with Gasteiger partial charge in [0.1, 0.15) is 5.57 Å². The lowest BCUT2D eigenvalue weighted by Gasteiger charge is -2.14. The van der Waals surface area contributed by atoms with E-state index in [1.165, 1.54) is 6.08 Å². The van der Waals surface area contributed by atoms with E-state index in [1.54, 1.807) is 31.2 Å². The summed E-state index contributed by atoms with van der Waals surface area (Å²) in [6.45, 7) is 5.79. The van der Waals surface area contributed by atoms with Crippen LogP contribution >= 0.6 is 0 Å². The zero-order valence-electron chi connectivity index (χ0n) is 15.7. The van der Waals surface area contributed by atoms with Crippen LogP contribution in [0.25, 0.3) is 11.8 Å². The Morgan fingerprint density at radius 1 is 1.07 bits per heavy atom. The first-order valence-corrected chi connectivity index (χ1v) is 8.66. The van der Waals surface area contributed by atoms with Gasteiger partial charge in [-0.2, -0.15) is 0 Å². The van der Waals surface area contributed by atoms with Crippen LogP contribution in [0, 0.1) is 13.8 Å². The molecule has 0 unspecified atom stereocenters. The van der Waals surface area contributed by atoms with E-state index in [4.69, 9.17) is 4.74 Å². The first-order valence-electron chi connectivity index (χ1n) is 8.66. The monoisotopic (exact) mass is 381 g/mol. The predicted octanol–water partition coefficient (Wildman–Crippen LogP) is 2.02. The summed E-state index contributed by atoms with van der Waals surface area (Å²) in [6, 6.07) is 7.94. The molecule has 0 saturated carbocycles. The molecule has 1 aromatic carbocycles. The summed E-state index contributed by atoms with van der Waals surface area (Å²) in [6.07, 6.45) is 1.45. The van der Waals surface area contributed by atoms with E-state index < -0.39 is 17.8 Å². The summed E-state index contributed by atoms with van der Waals surface area (Å²) in [7, 11) is 0. The average molecular weight is 381 g/mol. The molecular weight excluding hydrogens is 362 g/mol. The van der Waals surface area contributed by atoms with Gasteiger partial charge in [-0.3, -0.25) is 20.2 Å². The molecule has 28 heavy (non-hydrogen) atoms. The highest BCUT2D eigenvalue weighted by Gasteiger charge is 2.28. The number of amides is 4. The van der Waals surface area contributed by atoms with Gasteiger partial charge >= 0.3 is 12.0 Å². The molecule has 1 fully saturated rings. The third kappa shape index (κ3) is 3.57. The van der Waals surface area contributed by atoms with Gasteiger partial charge in [0.25, 0.3) is 11.8 Å². The number of carbonyl (C=O) groups excluding carboxylic acids is 4. The van der Waals surface area contributed by atoms with Gasteiger partial charge in [0, 0.05) is 17.1 Å². The minimum absolute atomic E-state index is 0.141. The van der Waals surface area contributed by atoms with Gasteiger partial charge in [-0.25, -0.2) is 9.59 Å². The number of aryl methyl sites for hydroxylation is 1. The lowest BCUT2D eigenvalue weighted by molar-refractivity contribution is -0.123. The Morgan fingerprint density at radius 3 is 2.25 bits per heavy atom. The number of barbiturate groups is 1. The van der Waals surface area contributed by atoms with Gasteiger partial charge in [-0.1, -0.05) is 0 Å². The van der Waals surface area contributed by atoms with Crippen molar-refractivity contribution in [2.75, 3.05) is 6.61 Å². The van der Waals surface area contributed by atoms with E-state index in [0.717, 1.165) is 17.1 Å². The van der Waals surface area contributed by atoms with Crippen LogP contribution in [0.15, 0.2) is 35.9 Å². The van der Waals surface area contributed by atoms with E-state index in [9.17, 15) is 19.2 Å². The first-order chi connectivity index (χ1) is 13.3. The number of hydrogen-bond donors (Lipinski definition) is 2. The van der Waals surface area contributed by atoms with E-state index in [-0.39, 0.29) is 11.5 Å². The molecule has 3 rings (SSSR count). The van der Waals surface area contributed by atoms with Crippen molar-refractivity contribution in [3.63, 3.8) is 0 Å². The quantitative estimate of drug-likeness (QED) is 0.479. The zero-order valence-corrected chi connectivity index (χ0v) is 15.7. The van der Waals surface area contributed by atoms with Crippen LogP contribution in [0.3, 0.4) is 0 Å². The third-order valence-electron chi connectivity index (χ3n) is 4.35. The van der Waals surface area contributed by atoms with Gasteiger partial charge in [0.2, 0.25) is 0 Å². The predicted molar refractivity (Wildman–Crippen MR) is 101 cm³/mol. The number of nitrogens with one attached hydrogen (secondary N) is 2. The number of imide groups is 2. The molecule has 1 aliphatic rings. The first kappa shape index (κ1) is 19.1. The fourth-order valence-corrected chi connectivity index (χ4v) is 3.05. The summed E-state index contributed by atoms with van der Waals surface area (Å²) < 4.78 is 6.92. The molecule has 4 amide bonds. The second-order valence-corrected chi connectivity index (χ2v) is 6.22. The highest BCUT2D eigenvalue weighted by molar-refractivity contribution is 6.31. The smallest absolute Gasteiger partial charge is 0.338 e. The molecule has 144 valence electrons. The largest absolute Gasteiger partial charge is 0.462 e. The molecule has 0 spiro atoms. The second kappa shape index (κ2) is 7.51. The van der Waals surface area contributed by atoms with E-state index in [1.807, 2.05) is 24.5 Å². The third-order valence-corrected chi connectivity index (χ3v) is 4.35. The Hall–Kier alpha value is -3.68. The van der Waals surface area contributed by atoms with E-state index in [0.29, 0.717) is 17.7 Å². The maximum Gasteiger partial charge on any atom is 0.338 e. The van der Waals surface area contributed by atoms with Crippen molar-refractivity contribution in [1.82, 2.24) is 15.2 Å². The lowest BCUT2D eigenvalue weighted by atomic mass is 10.1. The summed E-state index contributed by atoms with van der Waals surface area (Å²) in [5.41, 5.74) is 3.47. The second-order valence-electron chi connectivity index (χ2n) is 6.22. The van der Waals surface area contributed by atoms with E-state index >= 15 is 0 Å². The van der Waals surface area contributed by atoms with Gasteiger partial charge in [-0.05, 0) is 62.7 Å². The molecule has 0 radical (unpaired) electrons. The molecule has 1 aliphatic heterocycles. The fraction of sp³-hybridized carbons (Fsp3) is 0.200. The number of carbonyl (C=O) groups is 4. The molecular formula is C20H19N3O5. The molecule has 2 N–H and O–H groups in total. The van der Waals surface area contributed by atoms with Crippen LogP contribution in [0.4, 0.5) is 4.79 Å². The Kier molecular flexibility index (Phi) is 5.12. The van der Waals surface area contributed by atoms with Crippen LogP contribution in [-0.4, -0.2) is 35.0 Å². The molecule has 0 atom stereocenters. The van der Waals surface area contributed by atoms with Gasteiger partial charge in [-0.15, -0.1) is 0 Å². The minimum atomic E-state index is -0.834. The van der Waals surface area contributed by atoms with Gasteiger partial charge in [0.15, 0.2) is 0 Å². The van der Waals surface area contributed by atoms with Crippen molar-refractivity contribution in [2.24, 2.45) is 0 Å². The normalized spacial score (nSPS) is 13.8. The maximum atomic E-state index is 11.9. The van der Waals surface area contributed by atoms with Gasteiger partial charge < -0.3 is 9.30 Å². The van der Waals surface area contributed by atoms with Crippen molar-refractivity contribution < 1.29 is 23.9 Å². The molecule has 8 heteroatoms. The van der Waals surface area contributed by atoms with Crippen LogP contribution in [0.5, 0.6) is 0 Å². The Labute approximate surface area is 161 Å². The van der Waals surface area contributed by atoms with Crippen molar-refractivity contribution in [3.8, 4) is 5.69 Å². The number of benzene rings is 1. The van der Waals surface area contributed by atoms with Crippen LogP contribution in [0.2, 0.25) is 0 Å². The number of ether oxygens (including phenoxy) is 1. The highest BCUT2D eigenvalue weighted by atomic mass is 16.5. The molecule has 8 nitrogen and oxygen atoms in total. The Morgan fingerprint density at radius 2 is 1.68 bits per heavy atom. The topological polar surface area (TPSA) is 106 Å². The van der Waals surface area contributed by atoms with Crippen molar-refractivity contribution in [1.29, 1.82) is 0 Å². The Balaban J connectivity index is 1.95. The molecule has 0 aliphatic carbocycles. The van der Waals surface area contributed by atoms with Crippen LogP contribution in [0.1, 0.15) is 34.2 Å². The number of esters is 1. The molecule has 0 bridgehead atoms. The zero-order chi connectivity index (χ0) is 20.4. The SMILES string of the molecule is CCOC(=O)c1ccc(-n2c(C)cc(C=C3C(=O)NC(=O)NC3=O)c2C)cc1. The highest BCUT2D eigenvalue weighted by Crippen LogP contribution is 2.23. The van der Waals surface area contributed by atoms with Crippen molar-refractivity contribution in [3.05, 3.63) is 58.4 Å². The van der Waals surface area contributed by atoms with Crippen molar-refractivity contribution in [2.45, 2.75) is 20.8 Å². The maximum absolute atomic E-state index is 11.9.